The molecule has 0 amide bonds. The van der Waals surface area contributed by atoms with Gasteiger partial charge in [-0.25, -0.2) is 0 Å². The zero-order valence-corrected chi connectivity index (χ0v) is 12.7. The molecule has 2 rings (SSSR count). The van der Waals surface area contributed by atoms with E-state index < -0.39 is 17.9 Å². The standard InChI is InChI=1S/C18H18O5/c1-2-15(18(21)22)12-8-9-16(13(10-12)11-17(19)20)23-14-6-4-3-5-7-14/h3-10,15H,2,11H2,1H3,(H,19,20)(H,21,22). The fourth-order valence-electron chi connectivity index (χ4n) is 2.39. The average molecular weight is 314 g/mol. The number of hydrogen-bond donors (Lipinski definition) is 2. The molecule has 0 aliphatic carbocycles. The molecule has 0 aliphatic heterocycles. The van der Waals surface area contributed by atoms with Crippen molar-refractivity contribution in [2.75, 3.05) is 0 Å². The first kappa shape index (κ1) is 16.5. The molecule has 0 saturated carbocycles. The first-order chi connectivity index (χ1) is 11.0. The van der Waals surface area contributed by atoms with Gasteiger partial charge in [-0.05, 0) is 30.2 Å². The Labute approximate surface area is 134 Å². The summed E-state index contributed by atoms with van der Waals surface area (Å²) < 4.78 is 5.73. The van der Waals surface area contributed by atoms with Crippen LogP contribution in [0.2, 0.25) is 0 Å². The highest BCUT2D eigenvalue weighted by molar-refractivity contribution is 5.77. The lowest BCUT2D eigenvalue weighted by Crippen LogP contribution is -2.11. The van der Waals surface area contributed by atoms with E-state index in [1.165, 1.54) is 0 Å². The number of carboxylic acid groups (broad SMARTS) is 2. The van der Waals surface area contributed by atoms with Gasteiger partial charge in [0, 0.05) is 5.56 Å². The van der Waals surface area contributed by atoms with E-state index in [9.17, 15) is 14.7 Å². The highest BCUT2D eigenvalue weighted by atomic mass is 16.5. The second-order valence-electron chi connectivity index (χ2n) is 5.15. The van der Waals surface area contributed by atoms with Gasteiger partial charge in [-0.3, -0.25) is 9.59 Å². The van der Waals surface area contributed by atoms with Crippen LogP contribution in [0.1, 0.15) is 30.4 Å². The lowest BCUT2D eigenvalue weighted by Gasteiger charge is -2.15. The van der Waals surface area contributed by atoms with Crippen LogP contribution in [0.4, 0.5) is 0 Å². The monoisotopic (exact) mass is 314 g/mol. The minimum Gasteiger partial charge on any atom is -0.481 e. The van der Waals surface area contributed by atoms with Crippen LogP contribution in [0, 0.1) is 0 Å². The van der Waals surface area contributed by atoms with E-state index in [0.29, 0.717) is 29.0 Å². The van der Waals surface area contributed by atoms with Crippen molar-refractivity contribution < 1.29 is 24.5 Å². The van der Waals surface area contributed by atoms with Gasteiger partial charge in [-0.15, -0.1) is 0 Å². The zero-order chi connectivity index (χ0) is 16.8. The average Bonchev–Trinajstić information content (AvgIpc) is 2.50. The van der Waals surface area contributed by atoms with Crippen LogP contribution in [0.15, 0.2) is 48.5 Å². The second-order valence-corrected chi connectivity index (χ2v) is 5.15. The predicted octanol–water partition coefficient (Wildman–Crippen LogP) is 3.68. The van der Waals surface area contributed by atoms with Crippen molar-refractivity contribution in [3.05, 3.63) is 59.7 Å². The summed E-state index contributed by atoms with van der Waals surface area (Å²) in [6.45, 7) is 1.78. The Hall–Kier alpha value is -2.82. The third kappa shape index (κ3) is 4.32. The molecule has 2 aromatic carbocycles. The van der Waals surface area contributed by atoms with Crippen LogP contribution in [0.5, 0.6) is 11.5 Å². The van der Waals surface area contributed by atoms with Crippen LogP contribution in [-0.4, -0.2) is 22.2 Å². The molecule has 2 N–H and O–H groups in total. The van der Waals surface area contributed by atoms with E-state index in [4.69, 9.17) is 9.84 Å². The van der Waals surface area contributed by atoms with Crippen molar-refractivity contribution in [1.82, 2.24) is 0 Å². The molecule has 0 heterocycles. The Bertz CT molecular complexity index is 694. The van der Waals surface area contributed by atoms with Crippen molar-refractivity contribution in [2.24, 2.45) is 0 Å². The van der Waals surface area contributed by atoms with Crippen LogP contribution < -0.4 is 4.74 Å². The molecule has 0 aromatic heterocycles. The van der Waals surface area contributed by atoms with Crippen molar-refractivity contribution >= 4 is 11.9 Å². The first-order valence-corrected chi connectivity index (χ1v) is 7.31. The minimum atomic E-state index is -0.997. The SMILES string of the molecule is CCC(C(=O)O)c1ccc(Oc2ccccc2)c(CC(=O)O)c1. The van der Waals surface area contributed by atoms with E-state index >= 15 is 0 Å². The predicted molar refractivity (Wildman–Crippen MR) is 85.0 cm³/mol. The van der Waals surface area contributed by atoms with Crippen LogP contribution in [0.3, 0.4) is 0 Å². The molecular weight excluding hydrogens is 296 g/mol. The lowest BCUT2D eigenvalue weighted by atomic mass is 9.94. The summed E-state index contributed by atoms with van der Waals surface area (Å²) in [4.78, 5) is 22.4. The fraction of sp³-hybridized carbons (Fsp3) is 0.222. The number of rotatable bonds is 7. The maximum absolute atomic E-state index is 11.3. The second kappa shape index (κ2) is 7.45. The lowest BCUT2D eigenvalue weighted by molar-refractivity contribution is -0.139. The summed E-state index contributed by atoms with van der Waals surface area (Å²) in [5.41, 5.74) is 1.04. The summed E-state index contributed by atoms with van der Waals surface area (Å²) in [6.07, 6.45) is 0.201. The molecule has 5 nitrogen and oxygen atoms in total. The summed E-state index contributed by atoms with van der Waals surface area (Å²) in [5, 5.41) is 18.3. The van der Waals surface area contributed by atoms with Gasteiger partial charge in [-0.2, -0.15) is 0 Å². The molecule has 120 valence electrons. The Morgan fingerprint density at radius 3 is 2.35 bits per heavy atom. The molecular formula is C18H18O5. The molecule has 5 heteroatoms. The Morgan fingerprint density at radius 2 is 1.78 bits per heavy atom. The van der Waals surface area contributed by atoms with Crippen molar-refractivity contribution in [3.8, 4) is 11.5 Å². The third-order valence-electron chi connectivity index (χ3n) is 3.51. The molecule has 2 aromatic rings. The van der Waals surface area contributed by atoms with Crippen molar-refractivity contribution in [2.45, 2.75) is 25.7 Å². The van der Waals surface area contributed by atoms with Crippen molar-refractivity contribution in [3.63, 3.8) is 0 Å². The van der Waals surface area contributed by atoms with Gasteiger partial charge in [0.15, 0.2) is 0 Å². The van der Waals surface area contributed by atoms with E-state index in [0.717, 1.165) is 0 Å². The van der Waals surface area contributed by atoms with Crippen LogP contribution >= 0.6 is 0 Å². The fourth-order valence-corrected chi connectivity index (χ4v) is 2.39. The molecule has 0 fully saturated rings. The summed E-state index contributed by atoms with van der Waals surface area (Å²) in [5.74, 6) is -1.57. The summed E-state index contributed by atoms with van der Waals surface area (Å²) >= 11 is 0. The third-order valence-corrected chi connectivity index (χ3v) is 3.51. The smallest absolute Gasteiger partial charge is 0.310 e. The zero-order valence-electron chi connectivity index (χ0n) is 12.7. The maximum Gasteiger partial charge on any atom is 0.310 e. The maximum atomic E-state index is 11.3. The quantitative estimate of drug-likeness (QED) is 0.814. The molecule has 0 saturated heterocycles. The van der Waals surface area contributed by atoms with Gasteiger partial charge in [0.25, 0.3) is 0 Å². The highest BCUT2D eigenvalue weighted by Crippen LogP contribution is 2.30. The van der Waals surface area contributed by atoms with Gasteiger partial charge < -0.3 is 14.9 Å². The van der Waals surface area contributed by atoms with Gasteiger partial charge in [0.1, 0.15) is 11.5 Å². The Kier molecular flexibility index (Phi) is 5.36. The van der Waals surface area contributed by atoms with E-state index in [2.05, 4.69) is 0 Å². The van der Waals surface area contributed by atoms with Crippen molar-refractivity contribution in [1.29, 1.82) is 0 Å². The first-order valence-electron chi connectivity index (χ1n) is 7.31. The largest absolute Gasteiger partial charge is 0.481 e. The van der Waals surface area contributed by atoms with E-state index in [1.54, 1.807) is 37.3 Å². The Morgan fingerprint density at radius 1 is 1.09 bits per heavy atom. The summed E-state index contributed by atoms with van der Waals surface area (Å²) in [6, 6.07) is 13.9. The van der Waals surface area contributed by atoms with E-state index in [-0.39, 0.29) is 6.42 Å². The topological polar surface area (TPSA) is 83.8 Å². The van der Waals surface area contributed by atoms with Gasteiger partial charge >= 0.3 is 11.9 Å². The van der Waals surface area contributed by atoms with Gasteiger partial charge in [0.2, 0.25) is 0 Å². The number of ether oxygens (including phenoxy) is 1. The Balaban J connectivity index is 2.38. The number of carboxylic acids is 2. The molecule has 0 aliphatic rings. The number of aliphatic carboxylic acids is 2. The molecule has 0 spiro atoms. The van der Waals surface area contributed by atoms with Gasteiger partial charge in [-0.1, -0.05) is 37.3 Å². The summed E-state index contributed by atoms with van der Waals surface area (Å²) in [7, 11) is 0. The van der Waals surface area contributed by atoms with E-state index in [1.807, 2.05) is 18.2 Å². The minimum absolute atomic E-state index is 0.230. The number of hydrogen-bond acceptors (Lipinski definition) is 3. The molecule has 1 unspecified atom stereocenters. The van der Waals surface area contributed by atoms with Crippen LogP contribution in [-0.2, 0) is 16.0 Å². The number of para-hydroxylation sites is 1. The molecule has 0 bridgehead atoms. The highest BCUT2D eigenvalue weighted by Gasteiger charge is 2.20. The number of carbonyl (C=O) groups is 2. The van der Waals surface area contributed by atoms with Crippen LogP contribution in [0.25, 0.3) is 0 Å². The van der Waals surface area contributed by atoms with Gasteiger partial charge in [0.05, 0.1) is 12.3 Å². The molecule has 1 atom stereocenters. The molecule has 23 heavy (non-hydrogen) atoms. The number of benzene rings is 2. The normalized spacial score (nSPS) is 11.7. The molecule has 0 radical (unpaired) electrons.